The molecule has 0 saturated heterocycles. The van der Waals surface area contributed by atoms with Crippen molar-refractivity contribution in [1.82, 2.24) is 5.32 Å². The van der Waals surface area contributed by atoms with E-state index in [4.69, 9.17) is 5.11 Å². The molecule has 18 heavy (non-hydrogen) atoms. The number of aryl methyl sites for hydroxylation is 2. The molecule has 0 amide bonds. The molecular weight excluding hydrogens is 230 g/mol. The molecule has 1 aliphatic rings. The van der Waals surface area contributed by atoms with Crippen LogP contribution in [0.15, 0.2) is 18.2 Å². The molecule has 1 aliphatic carbocycles. The molecule has 0 bridgehead atoms. The lowest BCUT2D eigenvalue weighted by molar-refractivity contribution is -0.138. The van der Waals surface area contributed by atoms with Gasteiger partial charge in [0.2, 0.25) is 0 Å². The van der Waals surface area contributed by atoms with Crippen molar-refractivity contribution in [2.45, 2.75) is 32.2 Å². The van der Waals surface area contributed by atoms with Gasteiger partial charge < -0.3 is 5.11 Å². The summed E-state index contributed by atoms with van der Waals surface area (Å²) < 4.78 is 0. The van der Waals surface area contributed by atoms with Gasteiger partial charge in [-0.2, -0.15) is 0 Å². The third-order valence-corrected chi connectivity index (χ3v) is 3.36. The van der Waals surface area contributed by atoms with E-state index in [0.717, 1.165) is 19.3 Å². The fraction of sp³-hybridized carbons (Fsp3) is 0.429. The molecule has 2 rings (SSSR count). The van der Waals surface area contributed by atoms with Crippen LogP contribution < -0.4 is 5.32 Å². The van der Waals surface area contributed by atoms with Gasteiger partial charge in [-0.25, -0.2) is 0 Å². The lowest BCUT2D eigenvalue weighted by Gasteiger charge is -2.09. The minimum absolute atomic E-state index is 0.0576. The summed E-state index contributed by atoms with van der Waals surface area (Å²) in [5.74, 6) is -1.01. The van der Waals surface area contributed by atoms with E-state index in [9.17, 15) is 9.59 Å². The molecule has 1 aromatic rings. The number of carboxylic acid groups (broad SMARTS) is 1. The lowest BCUT2D eigenvalue weighted by Crippen LogP contribution is -2.37. The maximum absolute atomic E-state index is 11.9. The van der Waals surface area contributed by atoms with Crippen LogP contribution in [-0.4, -0.2) is 29.4 Å². The van der Waals surface area contributed by atoms with Gasteiger partial charge in [-0.1, -0.05) is 12.1 Å². The van der Waals surface area contributed by atoms with Crippen LogP contribution in [-0.2, 0) is 17.6 Å². The molecule has 1 unspecified atom stereocenters. The summed E-state index contributed by atoms with van der Waals surface area (Å²) in [6, 6.07) is 5.08. The Labute approximate surface area is 106 Å². The SMILES string of the molecule is CC(NCC(=O)c1ccc2c(c1)CCC2)C(=O)O. The Kier molecular flexibility index (Phi) is 3.77. The van der Waals surface area contributed by atoms with Gasteiger partial charge in [0.25, 0.3) is 0 Å². The first-order valence-corrected chi connectivity index (χ1v) is 6.19. The van der Waals surface area contributed by atoms with E-state index in [0.29, 0.717) is 5.56 Å². The summed E-state index contributed by atoms with van der Waals surface area (Å²) in [5, 5.41) is 11.4. The molecule has 0 fully saturated rings. The molecule has 96 valence electrons. The van der Waals surface area contributed by atoms with Gasteiger partial charge in [-0.05, 0) is 43.4 Å². The highest BCUT2D eigenvalue weighted by molar-refractivity contribution is 5.98. The fourth-order valence-corrected chi connectivity index (χ4v) is 2.18. The van der Waals surface area contributed by atoms with Crippen LogP contribution in [0.1, 0.15) is 34.8 Å². The third kappa shape index (κ3) is 2.76. The molecule has 2 N–H and O–H groups in total. The number of aliphatic carboxylic acids is 1. The summed E-state index contributed by atoms with van der Waals surface area (Å²) in [5.41, 5.74) is 3.26. The van der Waals surface area contributed by atoms with Crippen molar-refractivity contribution in [2.24, 2.45) is 0 Å². The molecular formula is C14H17NO3. The average Bonchev–Trinajstić information content (AvgIpc) is 2.82. The Balaban J connectivity index is 1.99. The van der Waals surface area contributed by atoms with Crippen molar-refractivity contribution >= 4 is 11.8 Å². The van der Waals surface area contributed by atoms with E-state index in [-0.39, 0.29) is 12.3 Å². The second kappa shape index (κ2) is 5.31. The van der Waals surface area contributed by atoms with Crippen molar-refractivity contribution in [3.8, 4) is 0 Å². The van der Waals surface area contributed by atoms with Crippen molar-refractivity contribution in [3.63, 3.8) is 0 Å². The summed E-state index contributed by atoms with van der Waals surface area (Å²) in [6.07, 6.45) is 3.29. The minimum Gasteiger partial charge on any atom is -0.480 e. The normalized spacial score (nSPS) is 15.2. The number of benzene rings is 1. The minimum atomic E-state index is -0.947. The second-order valence-electron chi connectivity index (χ2n) is 4.70. The number of carbonyl (C=O) groups is 2. The van der Waals surface area contributed by atoms with Crippen molar-refractivity contribution in [1.29, 1.82) is 0 Å². The number of rotatable bonds is 5. The van der Waals surface area contributed by atoms with Gasteiger partial charge in [-0.15, -0.1) is 0 Å². The standard InChI is InChI=1S/C14H17NO3/c1-9(14(17)18)15-8-13(16)12-6-5-10-3-2-4-11(10)7-12/h5-7,9,15H,2-4,8H2,1H3,(H,17,18). The number of fused-ring (bicyclic) bond motifs is 1. The smallest absolute Gasteiger partial charge is 0.320 e. The lowest BCUT2D eigenvalue weighted by atomic mass is 10.0. The Hall–Kier alpha value is -1.68. The van der Waals surface area contributed by atoms with Crippen LogP contribution in [0.25, 0.3) is 0 Å². The van der Waals surface area contributed by atoms with Crippen LogP contribution >= 0.6 is 0 Å². The number of Topliss-reactive ketones (excluding diaryl/α,β-unsaturated/α-hetero) is 1. The topological polar surface area (TPSA) is 66.4 Å². The molecule has 4 nitrogen and oxygen atoms in total. The molecule has 4 heteroatoms. The first kappa shape index (κ1) is 12.8. The van der Waals surface area contributed by atoms with Crippen LogP contribution in [0.4, 0.5) is 0 Å². The highest BCUT2D eigenvalue weighted by atomic mass is 16.4. The molecule has 0 heterocycles. The van der Waals surface area contributed by atoms with Gasteiger partial charge in [0, 0.05) is 5.56 Å². The van der Waals surface area contributed by atoms with Crippen molar-refractivity contribution in [2.75, 3.05) is 6.54 Å². The number of carboxylic acids is 1. The number of nitrogens with one attached hydrogen (secondary N) is 1. The highest BCUT2D eigenvalue weighted by Gasteiger charge is 2.15. The number of hydrogen-bond acceptors (Lipinski definition) is 3. The van der Waals surface area contributed by atoms with E-state index >= 15 is 0 Å². The Morgan fingerprint density at radius 3 is 2.78 bits per heavy atom. The Morgan fingerprint density at radius 2 is 2.06 bits per heavy atom. The molecule has 0 spiro atoms. The monoisotopic (exact) mass is 247 g/mol. The van der Waals surface area contributed by atoms with Gasteiger partial charge in [0.1, 0.15) is 6.04 Å². The van der Waals surface area contributed by atoms with Crippen LogP contribution in [0.3, 0.4) is 0 Å². The van der Waals surface area contributed by atoms with Gasteiger partial charge in [-0.3, -0.25) is 14.9 Å². The van der Waals surface area contributed by atoms with E-state index in [1.54, 1.807) is 0 Å². The molecule has 0 aliphatic heterocycles. The zero-order valence-electron chi connectivity index (χ0n) is 10.4. The maximum Gasteiger partial charge on any atom is 0.320 e. The van der Waals surface area contributed by atoms with Crippen molar-refractivity contribution in [3.05, 3.63) is 34.9 Å². The Morgan fingerprint density at radius 1 is 1.33 bits per heavy atom. The van der Waals surface area contributed by atoms with E-state index in [1.807, 2.05) is 18.2 Å². The first-order valence-electron chi connectivity index (χ1n) is 6.19. The summed E-state index contributed by atoms with van der Waals surface area (Å²) in [7, 11) is 0. The van der Waals surface area contributed by atoms with Gasteiger partial charge in [0.15, 0.2) is 5.78 Å². The first-order chi connectivity index (χ1) is 8.58. The largest absolute Gasteiger partial charge is 0.480 e. The van der Waals surface area contributed by atoms with Crippen LogP contribution in [0.2, 0.25) is 0 Å². The predicted octanol–water partition coefficient (Wildman–Crippen LogP) is 1.42. The van der Waals surface area contributed by atoms with E-state index in [1.165, 1.54) is 18.1 Å². The molecule has 1 aromatic carbocycles. The number of carbonyl (C=O) groups excluding carboxylic acids is 1. The summed E-state index contributed by atoms with van der Waals surface area (Å²) in [4.78, 5) is 22.5. The zero-order chi connectivity index (χ0) is 13.1. The summed E-state index contributed by atoms with van der Waals surface area (Å²) in [6.45, 7) is 1.59. The number of ketones is 1. The molecule has 0 aromatic heterocycles. The molecule has 1 atom stereocenters. The maximum atomic E-state index is 11.9. The zero-order valence-corrected chi connectivity index (χ0v) is 10.4. The van der Waals surface area contributed by atoms with Crippen LogP contribution in [0, 0.1) is 0 Å². The average molecular weight is 247 g/mol. The number of hydrogen-bond donors (Lipinski definition) is 2. The van der Waals surface area contributed by atoms with Gasteiger partial charge in [0.05, 0.1) is 6.54 Å². The molecule has 0 saturated carbocycles. The van der Waals surface area contributed by atoms with Crippen LogP contribution in [0.5, 0.6) is 0 Å². The summed E-state index contributed by atoms with van der Waals surface area (Å²) >= 11 is 0. The fourth-order valence-electron chi connectivity index (χ4n) is 2.18. The van der Waals surface area contributed by atoms with Crippen molar-refractivity contribution < 1.29 is 14.7 Å². The third-order valence-electron chi connectivity index (χ3n) is 3.36. The van der Waals surface area contributed by atoms with E-state index < -0.39 is 12.0 Å². The quantitative estimate of drug-likeness (QED) is 0.772. The second-order valence-corrected chi connectivity index (χ2v) is 4.70. The highest BCUT2D eigenvalue weighted by Crippen LogP contribution is 2.22. The Bertz CT molecular complexity index is 482. The molecule has 0 radical (unpaired) electrons. The van der Waals surface area contributed by atoms with E-state index in [2.05, 4.69) is 5.32 Å². The predicted molar refractivity (Wildman–Crippen MR) is 67.9 cm³/mol. The van der Waals surface area contributed by atoms with Gasteiger partial charge >= 0.3 is 5.97 Å².